The van der Waals surface area contributed by atoms with Gasteiger partial charge in [0.15, 0.2) is 0 Å². The van der Waals surface area contributed by atoms with Crippen LogP contribution in [-0.4, -0.2) is 89.0 Å². The number of benzene rings is 2. The highest BCUT2D eigenvalue weighted by Gasteiger charge is 2.42. The first-order valence-corrected chi connectivity index (χ1v) is 22.2. The molecule has 2 amide bonds. The van der Waals surface area contributed by atoms with E-state index in [2.05, 4.69) is 49.0 Å². The van der Waals surface area contributed by atoms with Gasteiger partial charge in [0.05, 0.1) is 47.6 Å². The molecule has 5 aliphatic rings. The SMILES string of the molecule is COc1ccc2c(c1)C=C(c1c(C(=O)N3CC4CCC(C3)N4C)c(C)nn1C1CCC1)Cn1c-2c(C2CCCCC2)c2ccc(C(=O)NS(=O)(=O)C(C)C)cc21. The summed E-state index contributed by atoms with van der Waals surface area (Å²) in [5, 5.41) is 5.50. The fraction of sp³-hybridized carbons (Fsp3) is 0.523. The Morgan fingerprint density at radius 2 is 1.62 bits per heavy atom. The van der Waals surface area contributed by atoms with Gasteiger partial charge in [-0.05, 0) is 132 Å². The third-order valence-corrected chi connectivity index (χ3v) is 15.3. The third kappa shape index (κ3) is 6.18. The van der Waals surface area contributed by atoms with Crippen LogP contribution in [0.15, 0.2) is 36.4 Å². The molecule has 2 aromatic heterocycles. The normalized spacial score (nSPS) is 21.8. The minimum Gasteiger partial charge on any atom is -0.497 e. The molecule has 9 rings (SSSR count). The lowest BCUT2D eigenvalue weighted by Crippen LogP contribution is -2.53. The average Bonchev–Trinajstić information content (AvgIpc) is 3.66. The Kier molecular flexibility index (Phi) is 9.42. The van der Waals surface area contributed by atoms with E-state index < -0.39 is 21.2 Å². The highest BCUT2D eigenvalue weighted by atomic mass is 32.2. The second-order valence-electron chi connectivity index (χ2n) is 17.2. The molecule has 2 aromatic carbocycles. The molecule has 4 aromatic rings. The molecule has 3 aliphatic heterocycles. The number of carbonyl (C=O) groups excluding carboxylic acids is 2. The van der Waals surface area contributed by atoms with E-state index in [1.54, 1.807) is 27.0 Å². The van der Waals surface area contributed by atoms with E-state index in [0.717, 1.165) is 108 Å². The van der Waals surface area contributed by atoms with E-state index in [1.165, 1.54) is 12.0 Å². The molecule has 2 aliphatic carbocycles. The number of nitrogens with zero attached hydrogens (tertiary/aromatic N) is 5. The van der Waals surface area contributed by atoms with Gasteiger partial charge in [0.1, 0.15) is 5.75 Å². The molecule has 4 fully saturated rings. The summed E-state index contributed by atoms with van der Waals surface area (Å²) in [7, 11) is 0.0427. The molecule has 12 heteroatoms. The molecule has 5 heterocycles. The summed E-state index contributed by atoms with van der Waals surface area (Å²) in [5.41, 5.74) is 8.92. The van der Waals surface area contributed by atoms with Crippen LogP contribution < -0.4 is 9.46 Å². The minimum absolute atomic E-state index is 0.0508. The van der Waals surface area contributed by atoms with Crippen molar-refractivity contribution in [2.75, 3.05) is 27.2 Å². The summed E-state index contributed by atoms with van der Waals surface area (Å²) in [6.45, 7) is 6.98. The number of hydrogen-bond acceptors (Lipinski definition) is 7. The Bertz CT molecular complexity index is 2370. The van der Waals surface area contributed by atoms with Crippen LogP contribution in [0, 0.1) is 6.92 Å². The average molecular weight is 779 g/mol. The zero-order valence-corrected chi connectivity index (χ0v) is 34.1. The van der Waals surface area contributed by atoms with Crippen LogP contribution in [0.5, 0.6) is 5.75 Å². The van der Waals surface area contributed by atoms with Crippen molar-refractivity contribution in [1.29, 1.82) is 0 Å². The van der Waals surface area contributed by atoms with Gasteiger partial charge in [-0.1, -0.05) is 25.3 Å². The summed E-state index contributed by atoms with van der Waals surface area (Å²) in [5.74, 6) is 0.487. The summed E-state index contributed by atoms with van der Waals surface area (Å²) >= 11 is 0. The number of amides is 2. The van der Waals surface area contributed by atoms with Crippen LogP contribution in [0.3, 0.4) is 0 Å². The van der Waals surface area contributed by atoms with Gasteiger partial charge in [-0.15, -0.1) is 0 Å². The molecular formula is C44H54N6O5S. The molecular weight excluding hydrogens is 725 g/mol. The van der Waals surface area contributed by atoms with Gasteiger partial charge >= 0.3 is 0 Å². The largest absolute Gasteiger partial charge is 0.497 e. The van der Waals surface area contributed by atoms with Crippen molar-refractivity contribution in [3.05, 3.63) is 70.0 Å². The van der Waals surface area contributed by atoms with Crippen molar-refractivity contribution in [1.82, 2.24) is 28.9 Å². The number of likely N-dealkylation sites (N-methyl/N-ethyl adjacent to an activating group) is 1. The second-order valence-corrected chi connectivity index (χ2v) is 19.4. The van der Waals surface area contributed by atoms with E-state index in [4.69, 9.17) is 9.84 Å². The lowest BCUT2D eigenvalue weighted by molar-refractivity contribution is 0.0522. The van der Waals surface area contributed by atoms with Crippen LogP contribution >= 0.6 is 0 Å². The van der Waals surface area contributed by atoms with E-state index in [0.29, 0.717) is 43.2 Å². The van der Waals surface area contributed by atoms with Gasteiger partial charge in [0, 0.05) is 47.2 Å². The van der Waals surface area contributed by atoms with E-state index >= 15 is 0 Å². The maximum absolute atomic E-state index is 14.9. The van der Waals surface area contributed by atoms with Gasteiger partial charge < -0.3 is 14.2 Å². The van der Waals surface area contributed by atoms with Crippen LogP contribution in [0.2, 0.25) is 0 Å². The fourth-order valence-corrected chi connectivity index (χ4v) is 10.7. The van der Waals surface area contributed by atoms with Crippen LogP contribution in [0.25, 0.3) is 33.8 Å². The number of carbonyl (C=O) groups is 2. The Labute approximate surface area is 330 Å². The Morgan fingerprint density at radius 3 is 2.29 bits per heavy atom. The number of aromatic nitrogens is 3. The van der Waals surface area contributed by atoms with Gasteiger partial charge in [-0.25, -0.2) is 13.1 Å². The number of methoxy groups -OCH3 is 1. The number of nitrogens with one attached hydrogen (secondary N) is 1. The van der Waals surface area contributed by atoms with Crippen LogP contribution in [0.4, 0.5) is 0 Å². The molecule has 2 atom stereocenters. The smallest absolute Gasteiger partial charge is 0.264 e. The standard InChI is InChI=1S/C44H54N6O5S/c1-26(2)56(53,54)46-43(51)29-14-18-37-38(22-29)49-23-31(20-30-21-35(55-5)17-19-36(30)42(49)40(37)28-10-7-6-8-11-28)41-39(27(3)45-50(41)32-12-9-13-32)44(52)48-24-33-15-16-34(25-48)47(33)4/h14,17-22,26,28,32-34H,6-13,15-16,23-25H2,1-5H3,(H,46,51). The van der Waals surface area contributed by atoms with Crippen molar-refractivity contribution >= 4 is 44.4 Å². The summed E-state index contributed by atoms with van der Waals surface area (Å²) in [4.78, 5) is 33.1. The quantitative estimate of drug-likeness (QED) is 0.197. The first-order chi connectivity index (χ1) is 26.9. The highest BCUT2D eigenvalue weighted by molar-refractivity contribution is 7.90. The number of fused-ring (bicyclic) bond motifs is 7. The first-order valence-electron chi connectivity index (χ1n) is 20.6. The summed E-state index contributed by atoms with van der Waals surface area (Å²) in [6.07, 6.45) is 13.3. The molecule has 0 spiro atoms. The predicted octanol–water partition coefficient (Wildman–Crippen LogP) is 7.54. The first kappa shape index (κ1) is 37.2. The summed E-state index contributed by atoms with van der Waals surface area (Å²) < 4.78 is 38.3. The molecule has 0 radical (unpaired) electrons. The predicted molar refractivity (Wildman–Crippen MR) is 219 cm³/mol. The fourth-order valence-electron chi connectivity index (χ4n) is 10.1. The van der Waals surface area contributed by atoms with Gasteiger partial charge in [-0.2, -0.15) is 5.10 Å². The molecule has 2 unspecified atom stereocenters. The second kappa shape index (κ2) is 14.2. The lowest BCUT2D eigenvalue weighted by Gasteiger charge is -2.39. The highest BCUT2D eigenvalue weighted by Crippen LogP contribution is 2.49. The molecule has 296 valence electrons. The molecule has 2 bridgehead atoms. The minimum atomic E-state index is -3.84. The molecule has 2 saturated heterocycles. The van der Waals surface area contributed by atoms with Crippen molar-refractivity contribution in [2.45, 2.75) is 121 Å². The van der Waals surface area contributed by atoms with Crippen molar-refractivity contribution in [3.63, 3.8) is 0 Å². The Balaban J connectivity index is 1.26. The Hall–Kier alpha value is -4.42. The lowest BCUT2D eigenvalue weighted by atomic mass is 9.81. The monoisotopic (exact) mass is 778 g/mol. The maximum Gasteiger partial charge on any atom is 0.264 e. The van der Waals surface area contributed by atoms with Crippen LogP contribution in [0.1, 0.15) is 133 Å². The number of rotatable bonds is 8. The number of piperazine rings is 1. The Morgan fingerprint density at radius 1 is 0.893 bits per heavy atom. The summed E-state index contributed by atoms with van der Waals surface area (Å²) in [6, 6.07) is 12.8. The van der Waals surface area contributed by atoms with E-state index in [9.17, 15) is 18.0 Å². The number of ether oxygens (including phenoxy) is 1. The number of aryl methyl sites for hydroxylation is 1. The van der Waals surface area contributed by atoms with Crippen molar-refractivity contribution in [3.8, 4) is 17.0 Å². The molecule has 56 heavy (non-hydrogen) atoms. The topological polar surface area (TPSA) is 119 Å². The number of hydrogen-bond donors (Lipinski definition) is 1. The van der Waals surface area contributed by atoms with Crippen LogP contribution in [-0.2, 0) is 16.6 Å². The molecule has 1 N–H and O–H groups in total. The zero-order chi connectivity index (χ0) is 39.0. The zero-order valence-electron chi connectivity index (χ0n) is 33.3. The van der Waals surface area contributed by atoms with Crippen molar-refractivity contribution < 1.29 is 22.7 Å². The number of allylic oxidation sites excluding steroid dienone is 1. The van der Waals surface area contributed by atoms with E-state index in [-0.39, 0.29) is 17.5 Å². The third-order valence-electron chi connectivity index (χ3n) is 13.6. The maximum atomic E-state index is 14.9. The van der Waals surface area contributed by atoms with Crippen molar-refractivity contribution in [2.24, 2.45) is 0 Å². The van der Waals surface area contributed by atoms with Gasteiger partial charge in [0.2, 0.25) is 10.0 Å². The van der Waals surface area contributed by atoms with Gasteiger partial charge in [0.25, 0.3) is 11.8 Å². The molecule has 2 saturated carbocycles. The molecule has 11 nitrogen and oxygen atoms in total. The number of likely N-dealkylation sites (tertiary alicyclic amines) is 1. The van der Waals surface area contributed by atoms with E-state index in [1.807, 2.05) is 25.1 Å². The number of sulfonamides is 1. The van der Waals surface area contributed by atoms with Gasteiger partial charge in [-0.3, -0.25) is 19.2 Å².